The fourth-order valence-electron chi connectivity index (χ4n) is 2.99. The summed E-state index contributed by atoms with van der Waals surface area (Å²) in [7, 11) is 1.80. The van der Waals surface area contributed by atoms with Crippen molar-refractivity contribution in [2.24, 2.45) is 0 Å². The van der Waals surface area contributed by atoms with Gasteiger partial charge in [0, 0.05) is 31.3 Å². The van der Waals surface area contributed by atoms with E-state index in [0.717, 1.165) is 29.8 Å². The highest BCUT2D eigenvalue weighted by Gasteiger charge is 2.50. The number of carbonyl (C=O) groups is 2. The van der Waals surface area contributed by atoms with E-state index in [-0.39, 0.29) is 11.6 Å². The van der Waals surface area contributed by atoms with E-state index in [0.29, 0.717) is 6.41 Å². The molecule has 0 radical (unpaired) electrons. The monoisotopic (exact) mass is 257 g/mol. The van der Waals surface area contributed by atoms with Crippen molar-refractivity contribution in [3.8, 4) is 0 Å². The third-order valence-electron chi connectivity index (χ3n) is 4.16. The quantitative estimate of drug-likeness (QED) is 0.784. The van der Waals surface area contributed by atoms with Gasteiger partial charge in [0.2, 0.25) is 6.41 Å². The maximum Gasteiger partial charge on any atom is 0.322 e. The Bertz CT molecular complexity index is 596. The van der Waals surface area contributed by atoms with Crippen LogP contribution in [0.2, 0.25) is 0 Å². The van der Waals surface area contributed by atoms with E-state index in [1.54, 1.807) is 11.9 Å². The molecule has 1 aliphatic carbocycles. The van der Waals surface area contributed by atoms with E-state index in [9.17, 15) is 9.59 Å². The highest BCUT2D eigenvalue weighted by Crippen LogP contribution is 2.41. The van der Waals surface area contributed by atoms with Crippen LogP contribution < -0.4 is 10.6 Å². The SMILES string of the molecule is C=C1NC(=O)N(C)C12Cc1ccc(NC=O)cc1C2. The van der Waals surface area contributed by atoms with Gasteiger partial charge >= 0.3 is 6.03 Å². The van der Waals surface area contributed by atoms with Crippen molar-refractivity contribution < 1.29 is 9.59 Å². The molecule has 0 bridgehead atoms. The number of hydrogen-bond acceptors (Lipinski definition) is 2. The Morgan fingerprint density at radius 1 is 1.42 bits per heavy atom. The minimum absolute atomic E-state index is 0.107. The number of nitrogens with zero attached hydrogens (tertiary/aromatic N) is 1. The molecule has 0 saturated carbocycles. The zero-order valence-corrected chi connectivity index (χ0v) is 10.7. The van der Waals surface area contributed by atoms with E-state index in [1.807, 2.05) is 18.2 Å². The zero-order valence-electron chi connectivity index (χ0n) is 10.7. The van der Waals surface area contributed by atoms with Crippen LogP contribution in [0.1, 0.15) is 11.1 Å². The first kappa shape index (κ1) is 11.8. The molecular formula is C14H15N3O2. The second-order valence-corrected chi connectivity index (χ2v) is 5.10. The maximum atomic E-state index is 11.8. The summed E-state index contributed by atoms with van der Waals surface area (Å²) in [6, 6.07) is 5.73. The van der Waals surface area contributed by atoms with Crippen molar-refractivity contribution in [3.63, 3.8) is 0 Å². The van der Waals surface area contributed by atoms with Crippen molar-refractivity contribution in [1.82, 2.24) is 10.2 Å². The largest absolute Gasteiger partial charge is 0.329 e. The van der Waals surface area contributed by atoms with Gasteiger partial charge in [-0.1, -0.05) is 12.6 Å². The summed E-state index contributed by atoms with van der Waals surface area (Å²) in [5, 5.41) is 5.44. The smallest absolute Gasteiger partial charge is 0.322 e. The molecule has 1 aliphatic heterocycles. The van der Waals surface area contributed by atoms with Crippen LogP contribution in [0.4, 0.5) is 10.5 Å². The molecule has 1 unspecified atom stereocenters. The van der Waals surface area contributed by atoms with Crippen LogP contribution in [0, 0.1) is 0 Å². The summed E-state index contributed by atoms with van der Waals surface area (Å²) in [5.41, 5.74) is 3.51. The van der Waals surface area contributed by atoms with Crippen LogP contribution in [0.15, 0.2) is 30.5 Å². The molecule has 2 aliphatic rings. The fraction of sp³-hybridized carbons (Fsp3) is 0.286. The predicted octanol–water partition coefficient (Wildman–Crippen LogP) is 1.26. The Morgan fingerprint density at radius 2 is 2.16 bits per heavy atom. The van der Waals surface area contributed by atoms with Crippen molar-refractivity contribution in [3.05, 3.63) is 41.6 Å². The number of nitrogens with one attached hydrogen (secondary N) is 2. The molecule has 3 amide bonds. The van der Waals surface area contributed by atoms with Crippen LogP contribution in [-0.4, -0.2) is 29.9 Å². The maximum absolute atomic E-state index is 11.8. The summed E-state index contributed by atoms with van der Waals surface area (Å²) in [6.07, 6.45) is 2.15. The van der Waals surface area contributed by atoms with Crippen LogP contribution in [-0.2, 0) is 17.6 Å². The topological polar surface area (TPSA) is 61.4 Å². The van der Waals surface area contributed by atoms with Gasteiger partial charge in [-0.05, 0) is 23.3 Å². The van der Waals surface area contributed by atoms with Gasteiger partial charge in [-0.15, -0.1) is 0 Å². The Kier molecular flexibility index (Phi) is 2.38. The van der Waals surface area contributed by atoms with Crippen molar-refractivity contribution >= 4 is 18.1 Å². The summed E-state index contributed by atoms with van der Waals surface area (Å²) in [6.45, 7) is 3.99. The summed E-state index contributed by atoms with van der Waals surface area (Å²) < 4.78 is 0. The van der Waals surface area contributed by atoms with E-state index in [4.69, 9.17) is 0 Å². The average Bonchev–Trinajstić information content (AvgIpc) is 2.85. The Labute approximate surface area is 111 Å². The number of rotatable bonds is 2. The van der Waals surface area contributed by atoms with Gasteiger partial charge in [0.15, 0.2) is 0 Å². The van der Waals surface area contributed by atoms with Crippen molar-refractivity contribution in [1.29, 1.82) is 0 Å². The number of urea groups is 1. The number of hydrogen-bond donors (Lipinski definition) is 2. The first-order valence-corrected chi connectivity index (χ1v) is 6.13. The molecule has 1 aromatic carbocycles. The number of fused-ring (bicyclic) bond motifs is 1. The standard InChI is InChI=1S/C14H15N3O2/c1-9-14(17(2)13(19)16-9)6-10-3-4-12(15-8-18)5-11(10)7-14/h3-5,8H,1,6-7H2,2H3,(H,15,18)(H,16,19). The average molecular weight is 257 g/mol. The highest BCUT2D eigenvalue weighted by atomic mass is 16.2. The summed E-state index contributed by atoms with van der Waals surface area (Å²) in [4.78, 5) is 24.0. The lowest BCUT2D eigenvalue weighted by Gasteiger charge is -2.30. The molecule has 98 valence electrons. The fourth-order valence-corrected chi connectivity index (χ4v) is 2.99. The van der Waals surface area contributed by atoms with Crippen molar-refractivity contribution in [2.45, 2.75) is 18.4 Å². The Balaban J connectivity index is 1.97. The first-order chi connectivity index (χ1) is 9.06. The molecule has 2 N–H and O–H groups in total. The molecule has 19 heavy (non-hydrogen) atoms. The molecule has 1 fully saturated rings. The number of likely N-dealkylation sites (N-methyl/N-ethyl adjacent to an activating group) is 1. The highest BCUT2D eigenvalue weighted by molar-refractivity contribution is 5.82. The molecule has 1 atom stereocenters. The van der Waals surface area contributed by atoms with Crippen LogP contribution in [0.25, 0.3) is 0 Å². The molecule has 5 heteroatoms. The number of benzene rings is 1. The third-order valence-corrected chi connectivity index (χ3v) is 4.16. The second kappa shape index (κ2) is 3.85. The molecule has 3 rings (SSSR count). The molecule has 5 nitrogen and oxygen atoms in total. The van der Waals surface area contributed by atoms with Gasteiger partial charge < -0.3 is 15.5 Å². The normalized spacial score (nSPS) is 24.6. The third kappa shape index (κ3) is 1.54. The van der Waals surface area contributed by atoms with Crippen LogP contribution in [0.3, 0.4) is 0 Å². The van der Waals surface area contributed by atoms with Crippen LogP contribution in [0.5, 0.6) is 0 Å². The second-order valence-electron chi connectivity index (χ2n) is 5.10. The molecule has 1 heterocycles. The van der Waals surface area contributed by atoms with Gasteiger partial charge in [0.1, 0.15) is 0 Å². The Morgan fingerprint density at radius 3 is 2.79 bits per heavy atom. The zero-order chi connectivity index (χ0) is 13.6. The lowest BCUT2D eigenvalue weighted by Crippen LogP contribution is -2.44. The van der Waals surface area contributed by atoms with Crippen molar-refractivity contribution in [2.75, 3.05) is 12.4 Å². The number of carbonyl (C=O) groups excluding carboxylic acids is 2. The van der Waals surface area contributed by atoms with Crippen LogP contribution >= 0.6 is 0 Å². The number of amides is 3. The minimum atomic E-state index is -0.362. The predicted molar refractivity (Wildman–Crippen MR) is 71.7 cm³/mol. The summed E-state index contributed by atoms with van der Waals surface area (Å²) in [5.74, 6) is 0. The number of anilines is 1. The molecule has 1 saturated heterocycles. The Hall–Kier alpha value is -2.30. The first-order valence-electron chi connectivity index (χ1n) is 6.13. The van der Waals surface area contributed by atoms with Gasteiger partial charge in [0.05, 0.1) is 5.54 Å². The van der Waals surface area contributed by atoms with Gasteiger partial charge in [-0.25, -0.2) is 4.79 Å². The van der Waals surface area contributed by atoms with Gasteiger partial charge in [-0.3, -0.25) is 4.79 Å². The lowest BCUT2D eigenvalue weighted by molar-refractivity contribution is -0.105. The molecule has 1 aromatic rings. The minimum Gasteiger partial charge on any atom is -0.329 e. The van der Waals surface area contributed by atoms with E-state index < -0.39 is 0 Å². The lowest BCUT2D eigenvalue weighted by atomic mass is 9.92. The van der Waals surface area contributed by atoms with Gasteiger partial charge in [0.25, 0.3) is 0 Å². The van der Waals surface area contributed by atoms with E-state index in [2.05, 4.69) is 17.2 Å². The van der Waals surface area contributed by atoms with E-state index in [1.165, 1.54) is 5.56 Å². The summed E-state index contributed by atoms with van der Waals surface area (Å²) >= 11 is 0. The van der Waals surface area contributed by atoms with Gasteiger partial charge in [-0.2, -0.15) is 0 Å². The molecule has 1 spiro atoms. The van der Waals surface area contributed by atoms with E-state index >= 15 is 0 Å². The molecule has 0 aromatic heterocycles. The molecular weight excluding hydrogens is 242 g/mol.